The van der Waals surface area contributed by atoms with Crippen LogP contribution in [0.3, 0.4) is 0 Å². The maximum atomic E-state index is 2.54. The van der Waals surface area contributed by atoms with Crippen LogP contribution in [0.1, 0.15) is 22.3 Å². The number of hydrogen-bond acceptors (Lipinski definition) is 0. The zero-order valence-corrected chi connectivity index (χ0v) is 30.0. The molecule has 11 aromatic carbocycles. The average molecular weight is 693 g/mol. The monoisotopic (exact) mass is 692 g/mol. The van der Waals surface area contributed by atoms with E-state index < -0.39 is 5.41 Å². The van der Waals surface area contributed by atoms with Crippen molar-refractivity contribution in [2.45, 2.75) is 5.41 Å². The van der Waals surface area contributed by atoms with Crippen LogP contribution < -0.4 is 0 Å². The van der Waals surface area contributed by atoms with Crippen LogP contribution in [0.5, 0.6) is 0 Å². The van der Waals surface area contributed by atoms with Crippen LogP contribution in [-0.2, 0) is 5.41 Å². The Kier molecular flexibility index (Phi) is 5.65. The van der Waals surface area contributed by atoms with E-state index in [1.54, 1.807) is 0 Å². The molecule has 0 bridgehead atoms. The fraction of sp³-hybridized carbons (Fsp3) is 0.0182. The second-order valence-corrected chi connectivity index (χ2v) is 15.6. The lowest BCUT2D eigenvalue weighted by Crippen LogP contribution is -2.26. The van der Waals surface area contributed by atoms with Crippen molar-refractivity contribution in [1.29, 1.82) is 0 Å². The van der Waals surface area contributed by atoms with E-state index in [9.17, 15) is 0 Å². The topological polar surface area (TPSA) is 0 Å². The molecule has 0 heterocycles. The molecule has 11 aromatic rings. The maximum absolute atomic E-state index is 2.54. The van der Waals surface area contributed by atoms with E-state index in [1.165, 1.54) is 121 Å². The van der Waals surface area contributed by atoms with E-state index in [1.807, 2.05) is 0 Å². The van der Waals surface area contributed by atoms with E-state index in [2.05, 4.69) is 194 Å². The predicted molar refractivity (Wildman–Crippen MR) is 232 cm³/mol. The lowest BCUT2D eigenvalue weighted by atomic mass is 9.70. The van der Waals surface area contributed by atoms with Crippen LogP contribution in [0.2, 0.25) is 0 Å². The molecule has 55 heavy (non-hydrogen) atoms. The highest BCUT2D eigenvalue weighted by Crippen LogP contribution is 2.63. The molecule has 0 saturated heterocycles. The van der Waals surface area contributed by atoms with Crippen LogP contribution in [0.15, 0.2) is 194 Å². The van der Waals surface area contributed by atoms with Gasteiger partial charge in [-0.15, -0.1) is 0 Å². The first-order valence-corrected chi connectivity index (χ1v) is 19.3. The molecule has 0 unspecified atom stereocenters. The molecule has 13 rings (SSSR count). The van der Waals surface area contributed by atoms with Crippen molar-refractivity contribution in [3.8, 4) is 44.5 Å². The normalized spacial score (nSPS) is 13.6. The van der Waals surface area contributed by atoms with Gasteiger partial charge in [-0.1, -0.05) is 158 Å². The smallest absolute Gasteiger partial charge is 0.0619 e. The Bertz CT molecular complexity index is 3320. The van der Waals surface area contributed by atoms with Gasteiger partial charge in [-0.2, -0.15) is 0 Å². The quantitative estimate of drug-likeness (QED) is 0.158. The second kappa shape index (κ2) is 10.6. The van der Waals surface area contributed by atoms with Crippen molar-refractivity contribution >= 4 is 53.9 Å². The maximum Gasteiger partial charge on any atom is 0.0725 e. The minimum atomic E-state index is -0.450. The molecular formula is C55H32. The summed E-state index contributed by atoms with van der Waals surface area (Å²) < 4.78 is 0. The van der Waals surface area contributed by atoms with Gasteiger partial charge in [0.25, 0.3) is 0 Å². The van der Waals surface area contributed by atoms with Gasteiger partial charge in [-0.3, -0.25) is 0 Å². The molecule has 1 spiro atoms. The summed E-state index contributed by atoms with van der Waals surface area (Å²) in [6.07, 6.45) is 0. The summed E-state index contributed by atoms with van der Waals surface area (Å²) in [7, 11) is 0. The number of benzene rings is 11. The lowest BCUT2D eigenvalue weighted by molar-refractivity contribution is 0.795. The highest BCUT2D eigenvalue weighted by atomic mass is 14.5. The first kappa shape index (κ1) is 29.4. The van der Waals surface area contributed by atoms with E-state index in [0.29, 0.717) is 0 Å². The highest BCUT2D eigenvalue weighted by molar-refractivity contribution is 6.23. The summed E-state index contributed by atoms with van der Waals surface area (Å²) in [5.41, 5.74) is 15.3. The third-order valence-corrected chi connectivity index (χ3v) is 12.9. The first-order chi connectivity index (χ1) is 27.2. The van der Waals surface area contributed by atoms with Crippen molar-refractivity contribution in [1.82, 2.24) is 0 Å². The summed E-state index contributed by atoms with van der Waals surface area (Å²) in [5, 5.41) is 13.0. The Morgan fingerprint density at radius 2 is 0.745 bits per heavy atom. The molecule has 0 aromatic heterocycles. The number of fused-ring (bicyclic) bond motifs is 12. The number of rotatable bonds is 2. The molecule has 0 heteroatoms. The van der Waals surface area contributed by atoms with Gasteiger partial charge >= 0.3 is 0 Å². The fourth-order valence-electron chi connectivity index (χ4n) is 10.6. The van der Waals surface area contributed by atoms with Crippen molar-refractivity contribution < 1.29 is 0 Å². The second-order valence-electron chi connectivity index (χ2n) is 15.6. The van der Waals surface area contributed by atoms with Crippen molar-refractivity contribution in [2.75, 3.05) is 0 Å². The Labute approximate surface area is 318 Å². The Balaban J connectivity index is 1.10. The first-order valence-electron chi connectivity index (χ1n) is 19.3. The minimum absolute atomic E-state index is 0.450. The predicted octanol–water partition coefficient (Wildman–Crippen LogP) is 14.6. The summed E-state index contributed by atoms with van der Waals surface area (Å²) in [5.74, 6) is 0. The van der Waals surface area contributed by atoms with Gasteiger partial charge in [0.15, 0.2) is 0 Å². The van der Waals surface area contributed by atoms with Crippen LogP contribution in [-0.4, -0.2) is 0 Å². The van der Waals surface area contributed by atoms with Gasteiger partial charge in [0.05, 0.1) is 5.41 Å². The largest absolute Gasteiger partial charge is 0.0725 e. The molecule has 0 saturated carbocycles. The zero-order chi connectivity index (χ0) is 35.8. The lowest BCUT2D eigenvalue weighted by Gasteiger charge is -2.31. The Morgan fingerprint density at radius 3 is 1.51 bits per heavy atom. The van der Waals surface area contributed by atoms with E-state index in [-0.39, 0.29) is 0 Å². The van der Waals surface area contributed by atoms with E-state index in [0.717, 1.165) is 0 Å². The molecule has 252 valence electrons. The average Bonchev–Trinajstić information content (AvgIpc) is 3.70. The molecule has 2 aliphatic rings. The molecule has 0 nitrogen and oxygen atoms in total. The Hall–Kier alpha value is -7.02. The Morgan fingerprint density at radius 1 is 0.236 bits per heavy atom. The number of hydrogen-bond donors (Lipinski definition) is 0. The van der Waals surface area contributed by atoms with Crippen molar-refractivity contribution in [3.63, 3.8) is 0 Å². The van der Waals surface area contributed by atoms with Gasteiger partial charge < -0.3 is 0 Å². The highest BCUT2D eigenvalue weighted by Gasteiger charge is 2.51. The molecule has 0 radical (unpaired) electrons. The van der Waals surface area contributed by atoms with Crippen LogP contribution >= 0.6 is 0 Å². The summed E-state index contributed by atoms with van der Waals surface area (Å²) in [6.45, 7) is 0. The molecule has 0 amide bonds. The van der Waals surface area contributed by atoms with Gasteiger partial charge in [0.2, 0.25) is 0 Å². The van der Waals surface area contributed by atoms with Gasteiger partial charge in [0, 0.05) is 0 Å². The third-order valence-electron chi connectivity index (χ3n) is 12.9. The molecule has 0 atom stereocenters. The minimum Gasteiger partial charge on any atom is -0.0619 e. The fourth-order valence-corrected chi connectivity index (χ4v) is 10.6. The van der Waals surface area contributed by atoms with E-state index >= 15 is 0 Å². The van der Waals surface area contributed by atoms with Gasteiger partial charge in [0.1, 0.15) is 0 Å². The molecule has 0 aliphatic heterocycles. The SMILES string of the molecule is c1ccc2c(c1)-c1ccccc1C21c2cc(-c3cc4ccc5cccc6ccc(c3)c4c56)ccc2-c2cc3cccc(-c4ccc5ccccc5c4)c3cc21. The van der Waals surface area contributed by atoms with Crippen LogP contribution in [0, 0.1) is 0 Å². The van der Waals surface area contributed by atoms with Gasteiger partial charge in [-0.05, 0) is 157 Å². The third kappa shape index (κ3) is 3.81. The molecular weight excluding hydrogens is 661 g/mol. The van der Waals surface area contributed by atoms with Crippen molar-refractivity contribution in [3.05, 3.63) is 216 Å². The summed E-state index contributed by atoms with van der Waals surface area (Å²) >= 11 is 0. The summed E-state index contributed by atoms with van der Waals surface area (Å²) in [4.78, 5) is 0. The molecule has 0 fully saturated rings. The molecule has 0 N–H and O–H groups in total. The molecule has 2 aliphatic carbocycles. The van der Waals surface area contributed by atoms with Crippen LogP contribution in [0.4, 0.5) is 0 Å². The van der Waals surface area contributed by atoms with Crippen molar-refractivity contribution in [2.24, 2.45) is 0 Å². The van der Waals surface area contributed by atoms with Gasteiger partial charge in [-0.25, -0.2) is 0 Å². The van der Waals surface area contributed by atoms with Crippen LogP contribution in [0.25, 0.3) is 98.4 Å². The summed E-state index contributed by atoms with van der Waals surface area (Å²) in [6, 6.07) is 73.6. The standard InChI is InChI=1S/C55H32/c1-2-10-36-27-39(22-19-33(36)9-1)43-16-8-13-38-30-48-46-26-25-37(42-28-40-23-20-34-11-7-12-35-21-24-41(29-42)54(40)53(34)35)31-51(46)55(52(48)32-47(38)43)49-17-5-3-14-44(49)45-15-4-6-18-50(45)55/h1-32H. The van der Waals surface area contributed by atoms with E-state index in [4.69, 9.17) is 0 Å². The zero-order valence-electron chi connectivity index (χ0n) is 30.0.